The summed E-state index contributed by atoms with van der Waals surface area (Å²) in [5, 5.41) is 4.50. The predicted molar refractivity (Wildman–Crippen MR) is 85.7 cm³/mol. The monoisotopic (exact) mass is 299 g/mol. The largest absolute Gasteiger partial charge is 0.377 e. The molecule has 1 fully saturated rings. The van der Waals surface area contributed by atoms with Crippen molar-refractivity contribution in [2.24, 2.45) is 5.92 Å². The first-order valence-corrected chi connectivity index (χ1v) is 7.94. The molecule has 0 spiro atoms. The highest BCUT2D eigenvalue weighted by atomic mass is 35.5. The van der Waals surface area contributed by atoms with Gasteiger partial charge in [0.2, 0.25) is 0 Å². The maximum Gasteiger partial charge on any atom is 0.0910 e. The summed E-state index contributed by atoms with van der Waals surface area (Å²) in [5.74, 6) is 0.438. The number of benzene rings is 2. The Kier molecular flexibility index (Phi) is 3.36. The molecule has 2 nitrogen and oxygen atoms in total. The highest BCUT2D eigenvalue weighted by molar-refractivity contribution is 6.31. The zero-order valence-electron chi connectivity index (χ0n) is 11.8. The van der Waals surface area contributed by atoms with E-state index in [4.69, 9.17) is 16.3 Å². The van der Waals surface area contributed by atoms with Crippen molar-refractivity contribution in [2.75, 3.05) is 11.9 Å². The highest BCUT2D eigenvalue weighted by Gasteiger charge is 2.40. The van der Waals surface area contributed by atoms with E-state index in [1.807, 2.05) is 12.1 Å². The molecular formula is C18H18ClNO. The standard InChI is InChI=1S/C18H18ClNO/c19-14-9-4-10-15-16(14)18-13(8-5-11-21-18)17(20-15)12-6-2-1-3-7-12/h1-4,6-7,9-10,13,17-18,20H,5,8,11H2/t13-,17+,18-/m1/s1. The van der Waals surface area contributed by atoms with Gasteiger partial charge in [-0.15, -0.1) is 0 Å². The summed E-state index contributed by atoms with van der Waals surface area (Å²) in [4.78, 5) is 0. The van der Waals surface area contributed by atoms with E-state index in [0.717, 1.165) is 29.3 Å². The molecule has 0 saturated carbocycles. The molecule has 3 heteroatoms. The minimum Gasteiger partial charge on any atom is -0.377 e. The van der Waals surface area contributed by atoms with Gasteiger partial charge in [0.1, 0.15) is 0 Å². The predicted octanol–water partition coefficient (Wildman–Crippen LogP) is 4.97. The van der Waals surface area contributed by atoms with Crippen LogP contribution in [0.4, 0.5) is 5.69 Å². The van der Waals surface area contributed by atoms with Crippen LogP contribution < -0.4 is 5.32 Å². The molecule has 0 aromatic heterocycles. The van der Waals surface area contributed by atoms with Crippen LogP contribution in [-0.2, 0) is 4.74 Å². The molecule has 1 saturated heterocycles. The molecule has 1 N–H and O–H groups in total. The van der Waals surface area contributed by atoms with Crippen LogP contribution in [0.2, 0.25) is 5.02 Å². The van der Waals surface area contributed by atoms with E-state index in [-0.39, 0.29) is 6.10 Å². The van der Waals surface area contributed by atoms with Crippen molar-refractivity contribution >= 4 is 17.3 Å². The van der Waals surface area contributed by atoms with Gasteiger partial charge in [0, 0.05) is 28.8 Å². The Balaban J connectivity index is 1.81. The van der Waals surface area contributed by atoms with Crippen LogP contribution in [0.5, 0.6) is 0 Å². The van der Waals surface area contributed by atoms with E-state index in [1.54, 1.807) is 0 Å². The molecule has 3 atom stereocenters. The molecule has 0 unspecified atom stereocenters. The van der Waals surface area contributed by atoms with Gasteiger partial charge in [-0.3, -0.25) is 0 Å². The van der Waals surface area contributed by atoms with Gasteiger partial charge >= 0.3 is 0 Å². The van der Waals surface area contributed by atoms with Gasteiger partial charge < -0.3 is 10.1 Å². The molecule has 2 aromatic rings. The first-order chi connectivity index (χ1) is 10.3. The van der Waals surface area contributed by atoms with Crippen LogP contribution in [-0.4, -0.2) is 6.61 Å². The first kappa shape index (κ1) is 13.2. The van der Waals surface area contributed by atoms with Gasteiger partial charge in [-0.25, -0.2) is 0 Å². The topological polar surface area (TPSA) is 21.3 Å². The van der Waals surface area contributed by atoms with Crippen LogP contribution in [0.25, 0.3) is 0 Å². The summed E-state index contributed by atoms with van der Waals surface area (Å²) in [6, 6.07) is 17.0. The summed E-state index contributed by atoms with van der Waals surface area (Å²) in [5.41, 5.74) is 3.57. The number of nitrogens with one attached hydrogen (secondary N) is 1. The summed E-state index contributed by atoms with van der Waals surface area (Å²) < 4.78 is 6.12. The molecule has 2 aliphatic rings. The van der Waals surface area contributed by atoms with Crippen LogP contribution in [0.15, 0.2) is 48.5 Å². The Hall–Kier alpha value is -1.51. The van der Waals surface area contributed by atoms with Gasteiger partial charge in [0.15, 0.2) is 0 Å². The van der Waals surface area contributed by atoms with Crippen LogP contribution >= 0.6 is 11.6 Å². The van der Waals surface area contributed by atoms with Crippen LogP contribution in [0, 0.1) is 5.92 Å². The lowest BCUT2D eigenvalue weighted by molar-refractivity contribution is -0.0380. The van der Waals surface area contributed by atoms with Crippen molar-refractivity contribution in [1.29, 1.82) is 0 Å². The summed E-state index contributed by atoms with van der Waals surface area (Å²) >= 11 is 6.44. The Morgan fingerprint density at radius 2 is 1.90 bits per heavy atom. The summed E-state index contributed by atoms with van der Waals surface area (Å²) in [7, 11) is 0. The average molecular weight is 300 g/mol. The van der Waals surface area contributed by atoms with E-state index in [9.17, 15) is 0 Å². The third-order valence-electron chi connectivity index (χ3n) is 4.60. The fourth-order valence-corrected chi connectivity index (χ4v) is 3.94. The quantitative estimate of drug-likeness (QED) is 0.802. The first-order valence-electron chi connectivity index (χ1n) is 7.56. The maximum absolute atomic E-state index is 6.44. The number of ether oxygens (including phenoxy) is 1. The molecule has 4 rings (SSSR count). The van der Waals surface area contributed by atoms with E-state index in [0.29, 0.717) is 12.0 Å². The lowest BCUT2D eigenvalue weighted by atomic mass is 9.77. The Bertz CT molecular complexity index is 643. The summed E-state index contributed by atoms with van der Waals surface area (Å²) in [6.45, 7) is 0.827. The van der Waals surface area contributed by atoms with E-state index < -0.39 is 0 Å². The third-order valence-corrected chi connectivity index (χ3v) is 4.93. The lowest BCUT2D eigenvalue weighted by Gasteiger charge is -2.43. The van der Waals surface area contributed by atoms with E-state index in [1.165, 1.54) is 12.0 Å². The normalized spacial score (nSPS) is 27.4. The zero-order chi connectivity index (χ0) is 14.2. The summed E-state index contributed by atoms with van der Waals surface area (Å²) in [6.07, 6.45) is 2.39. The zero-order valence-corrected chi connectivity index (χ0v) is 12.5. The van der Waals surface area contributed by atoms with Gasteiger partial charge in [-0.05, 0) is 30.5 Å². The second kappa shape index (κ2) is 5.36. The van der Waals surface area contributed by atoms with Gasteiger partial charge in [-0.2, -0.15) is 0 Å². The van der Waals surface area contributed by atoms with Gasteiger partial charge in [0.25, 0.3) is 0 Å². The van der Waals surface area contributed by atoms with Crippen LogP contribution in [0.3, 0.4) is 0 Å². The second-order valence-corrected chi connectivity index (χ2v) is 6.24. The number of hydrogen-bond donors (Lipinski definition) is 1. The molecule has 0 amide bonds. The van der Waals surface area contributed by atoms with Crippen molar-refractivity contribution in [3.63, 3.8) is 0 Å². The van der Waals surface area contributed by atoms with Crippen LogP contribution in [0.1, 0.15) is 36.1 Å². The number of anilines is 1. The van der Waals surface area contributed by atoms with Gasteiger partial charge in [-0.1, -0.05) is 48.0 Å². The molecule has 0 bridgehead atoms. The molecule has 21 heavy (non-hydrogen) atoms. The maximum atomic E-state index is 6.44. The Labute approximate surface area is 130 Å². The Morgan fingerprint density at radius 1 is 1.05 bits per heavy atom. The lowest BCUT2D eigenvalue weighted by Crippen LogP contribution is -2.36. The van der Waals surface area contributed by atoms with Gasteiger partial charge in [0.05, 0.1) is 12.1 Å². The van der Waals surface area contributed by atoms with Crippen molar-refractivity contribution in [1.82, 2.24) is 0 Å². The smallest absolute Gasteiger partial charge is 0.0910 e. The molecule has 2 aromatic carbocycles. The fourth-order valence-electron chi connectivity index (χ4n) is 3.66. The second-order valence-electron chi connectivity index (χ2n) is 5.83. The van der Waals surface area contributed by atoms with E-state index >= 15 is 0 Å². The highest BCUT2D eigenvalue weighted by Crippen LogP contribution is 2.50. The minimum atomic E-state index is 0.105. The number of halogens is 1. The minimum absolute atomic E-state index is 0.105. The number of fused-ring (bicyclic) bond motifs is 3. The molecule has 2 heterocycles. The third kappa shape index (κ3) is 2.23. The molecule has 2 aliphatic heterocycles. The number of hydrogen-bond acceptors (Lipinski definition) is 2. The molecular weight excluding hydrogens is 282 g/mol. The van der Waals surface area contributed by atoms with Crippen molar-refractivity contribution in [2.45, 2.75) is 25.0 Å². The van der Waals surface area contributed by atoms with Crippen molar-refractivity contribution in [3.8, 4) is 0 Å². The molecule has 108 valence electrons. The molecule has 0 radical (unpaired) electrons. The fraction of sp³-hybridized carbons (Fsp3) is 0.333. The number of rotatable bonds is 1. The Morgan fingerprint density at radius 3 is 2.76 bits per heavy atom. The SMILES string of the molecule is Clc1cccc2c1[C@@H]1OCCC[C@@H]1[C@H](c1ccccc1)N2. The van der Waals surface area contributed by atoms with Crippen molar-refractivity contribution in [3.05, 3.63) is 64.7 Å². The molecule has 0 aliphatic carbocycles. The van der Waals surface area contributed by atoms with E-state index in [2.05, 4.69) is 41.7 Å². The average Bonchev–Trinajstić information content (AvgIpc) is 2.55. The van der Waals surface area contributed by atoms with Crippen molar-refractivity contribution < 1.29 is 4.74 Å².